The molecule has 1 aliphatic rings. The maximum atomic E-state index is 13.2. The number of aromatic nitrogens is 4. The second-order valence-electron chi connectivity index (χ2n) is 9.34. The van der Waals surface area contributed by atoms with Gasteiger partial charge in [0.2, 0.25) is 0 Å². The van der Waals surface area contributed by atoms with Crippen LogP contribution in [0.3, 0.4) is 0 Å². The minimum atomic E-state index is -4.53. The number of hydrogen-bond donors (Lipinski definition) is 1. The quantitative estimate of drug-likeness (QED) is 0.255. The normalized spacial score (nSPS) is 13.7. The summed E-state index contributed by atoms with van der Waals surface area (Å²) in [6.07, 6.45) is 0.362. The largest absolute Gasteiger partial charge is 0.496 e. The number of halogens is 3. The van der Waals surface area contributed by atoms with Crippen LogP contribution in [-0.2, 0) is 19.8 Å². The third-order valence-electron chi connectivity index (χ3n) is 6.66. The van der Waals surface area contributed by atoms with Crippen molar-refractivity contribution < 1.29 is 22.3 Å². The lowest BCUT2D eigenvalue weighted by atomic mass is 10.0. The number of aryl methyl sites for hydroxylation is 1. The fourth-order valence-corrected chi connectivity index (χ4v) is 4.62. The number of fused-ring (bicyclic) bond motifs is 1. The average molecular weight is 520 g/mol. The molecule has 0 saturated heterocycles. The fraction of sp³-hybridized carbons (Fsp3) is 0.250. The van der Waals surface area contributed by atoms with Crippen LogP contribution in [0.4, 0.5) is 19.0 Å². The van der Waals surface area contributed by atoms with Crippen LogP contribution in [0.5, 0.6) is 5.75 Å². The van der Waals surface area contributed by atoms with E-state index < -0.39 is 11.9 Å². The summed E-state index contributed by atoms with van der Waals surface area (Å²) in [4.78, 5) is 13.3. The number of imidazole rings is 1. The van der Waals surface area contributed by atoms with Gasteiger partial charge >= 0.3 is 6.18 Å². The number of nitrogens with zero attached hydrogens (tertiary/aromatic N) is 4. The third-order valence-corrected chi connectivity index (χ3v) is 6.66. The van der Waals surface area contributed by atoms with E-state index in [2.05, 4.69) is 16.4 Å². The lowest BCUT2D eigenvalue weighted by Crippen LogP contribution is -2.05. The van der Waals surface area contributed by atoms with Gasteiger partial charge in [0, 0.05) is 31.4 Å². The van der Waals surface area contributed by atoms with Gasteiger partial charge < -0.3 is 19.0 Å². The van der Waals surface area contributed by atoms with Gasteiger partial charge in [-0.1, -0.05) is 30.3 Å². The minimum absolute atomic E-state index is 0.167. The molecule has 1 aliphatic carbocycles. The first kappa shape index (κ1) is 24.0. The Morgan fingerprint density at radius 2 is 1.87 bits per heavy atom. The van der Waals surface area contributed by atoms with Crippen LogP contribution in [0.25, 0.3) is 33.9 Å². The van der Waals surface area contributed by atoms with E-state index in [0.29, 0.717) is 46.5 Å². The number of methoxy groups -OCH3 is 1. The molecule has 1 saturated carbocycles. The van der Waals surface area contributed by atoms with Crippen molar-refractivity contribution in [3.05, 3.63) is 77.8 Å². The Hall–Kier alpha value is -4.34. The Morgan fingerprint density at radius 3 is 2.61 bits per heavy atom. The molecule has 10 heteroatoms. The summed E-state index contributed by atoms with van der Waals surface area (Å²) in [5.41, 5.74) is 3.87. The average Bonchev–Trinajstić information content (AvgIpc) is 3.51. The molecule has 0 aliphatic heterocycles. The van der Waals surface area contributed by atoms with E-state index >= 15 is 0 Å². The van der Waals surface area contributed by atoms with Crippen LogP contribution >= 0.6 is 0 Å². The molecule has 38 heavy (non-hydrogen) atoms. The first-order valence-electron chi connectivity index (χ1n) is 12.2. The number of anilines is 1. The molecule has 1 N–H and O–H groups in total. The second-order valence-corrected chi connectivity index (χ2v) is 9.34. The maximum Gasteiger partial charge on any atom is 0.434 e. The molecule has 2 aromatic carbocycles. The molecule has 1 fully saturated rings. The highest BCUT2D eigenvalue weighted by molar-refractivity contribution is 5.86. The van der Waals surface area contributed by atoms with E-state index in [-0.39, 0.29) is 5.82 Å². The number of rotatable bonds is 7. The monoisotopic (exact) mass is 519 g/mol. The molecule has 7 nitrogen and oxygen atoms in total. The Labute approximate surface area is 216 Å². The number of furan rings is 1. The maximum absolute atomic E-state index is 13.2. The predicted octanol–water partition coefficient (Wildman–Crippen LogP) is 6.81. The predicted molar refractivity (Wildman–Crippen MR) is 137 cm³/mol. The van der Waals surface area contributed by atoms with E-state index in [1.165, 1.54) is 37.1 Å². The van der Waals surface area contributed by atoms with Crippen LogP contribution in [-0.4, -0.2) is 26.6 Å². The van der Waals surface area contributed by atoms with Crippen molar-refractivity contribution in [3.63, 3.8) is 0 Å². The number of alkyl halides is 3. The van der Waals surface area contributed by atoms with Crippen molar-refractivity contribution in [1.29, 1.82) is 0 Å². The third kappa shape index (κ3) is 4.46. The number of ether oxygens (including phenoxy) is 1. The molecule has 6 rings (SSSR count). The van der Waals surface area contributed by atoms with Crippen LogP contribution in [0, 0.1) is 0 Å². The van der Waals surface area contributed by atoms with E-state index in [1.807, 2.05) is 30.3 Å². The van der Waals surface area contributed by atoms with Crippen molar-refractivity contribution in [1.82, 2.24) is 19.5 Å². The molecule has 0 amide bonds. The van der Waals surface area contributed by atoms with Crippen molar-refractivity contribution >= 4 is 16.9 Å². The SMILES string of the molecule is COc1cc(CNc2nc(-c3ccccc3C3CC3)nc3ccoc23)ccc1-c1nc(C(F)(F)F)cn1C. The highest BCUT2D eigenvalue weighted by Gasteiger charge is 2.35. The zero-order valence-corrected chi connectivity index (χ0v) is 20.7. The summed E-state index contributed by atoms with van der Waals surface area (Å²) in [7, 11) is 3.00. The highest BCUT2D eigenvalue weighted by atomic mass is 19.4. The Bertz CT molecular complexity index is 1640. The Morgan fingerprint density at radius 1 is 1.05 bits per heavy atom. The highest BCUT2D eigenvalue weighted by Crippen LogP contribution is 2.44. The smallest absolute Gasteiger partial charge is 0.434 e. The van der Waals surface area contributed by atoms with E-state index in [1.54, 1.807) is 18.4 Å². The van der Waals surface area contributed by atoms with Gasteiger partial charge in [-0.25, -0.2) is 15.0 Å². The zero-order valence-electron chi connectivity index (χ0n) is 20.7. The van der Waals surface area contributed by atoms with E-state index in [4.69, 9.17) is 19.1 Å². The summed E-state index contributed by atoms with van der Waals surface area (Å²) < 4.78 is 52.0. The van der Waals surface area contributed by atoms with Gasteiger partial charge in [-0.2, -0.15) is 13.2 Å². The van der Waals surface area contributed by atoms with Gasteiger partial charge in [-0.05, 0) is 42.0 Å². The van der Waals surface area contributed by atoms with Crippen molar-refractivity contribution in [2.75, 3.05) is 12.4 Å². The Balaban J connectivity index is 1.30. The first-order chi connectivity index (χ1) is 18.3. The van der Waals surface area contributed by atoms with E-state index in [9.17, 15) is 13.2 Å². The molecule has 3 heterocycles. The van der Waals surface area contributed by atoms with Crippen LogP contribution in [0.1, 0.15) is 35.6 Å². The topological polar surface area (TPSA) is 78.0 Å². The number of benzene rings is 2. The van der Waals surface area contributed by atoms with Crippen molar-refractivity contribution in [2.24, 2.45) is 7.05 Å². The molecule has 194 valence electrons. The van der Waals surface area contributed by atoms with Gasteiger partial charge in [0.25, 0.3) is 0 Å². The van der Waals surface area contributed by atoms with Gasteiger partial charge in [-0.3, -0.25) is 0 Å². The minimum Gasteiger partial charge on any atom is -0.496 e. The first-order valence-corrected chi connectivity index (χ1v) is 12.2. The van der Waals surface area contributed by atoms with Gasteiger partial charge in [0.1, 0.15) is 17.1 Å². The second kappa shape index (κ2) is 9.20. The van der Waals surface area contributed by atoms with Crippen molar-refractivity contribution in [2.45, 2.75) is 31.5 Å². The summed E-state index contributed by atoms with van der Waals surface area (Å²) in [6.45, 7) is 0.377. The molecule has 0 unspecified atom stereocenters. The van der Waals surface area contributed by atoms with Crippen LogP contribution in [0.2, 0.25) is 0 Å². The van der Waals surface area contributed by atoms with Gasteiger partial charge in [0.05, 0.1) is 18.9 Å². The number of nitrogens with one attached hydrogen (secondary N) is 1. The standard InChI is InChI=1S/C28H24F3N5O2/c1-36-15-23(28(29,30)31)34-27(36)20-10-7-16(13-22(20)37-2)14-32-26-24-21(11-12-38-24)33-25(35-26)19-6-4-3-5-18(19)17-8-9-17/h3-7,10-13,15,17H,8-9,14H2,1-2H3,(H,32,33,35). The van der Waals surface area contributed by atoms with Gasteiger partial charge in [0.15, 0.2) is 22.9 Å². The molecule has 0 bridgehead atoms. The molecular weight excluding hydrogens is 495 g/mol. The Kier molecular flexibility index (Phi) is 5.81. The van der Waals surface area contributed by atoms with Crippen LogP contribution < -0.4 is 10.1 Å². The molecule has 0 atom stereocenters. The molecule has 5 aromatic rings. The number of hydrogen-bond acceptors (Lipinski definition) is 6. The fourth-order valence-electron chi connectivity index (χ4n) is 4.62. The van der Waals surface area contributed by atoms with Crippen molar-refractivity contribution in [3.8, 4) is 28.5 Å². The van der Waals surface area contributed by atoms with Gasteiger partial charge in [-0.15, -0.1) is 0 Å². The molecule has 0 spiro atoms. The lowest BCUT2D eigenvalue weighted by Gasteiger charge is -2.13. The molecule has 3 aromatic heterocycles. The summed E-state index contributed by atoms with van der Waals surface area (Å²) in [5, 5.41) is 3.34. The van der Waals surface area contributed by atoms with Crippen LogP contribution in [0.15, 0.2) is 65.4 Å². The summed E-state index contributed by atoms with van der Waals surface area (Å²) in [5.74, 6) is 2.31. The lowest BCUT2D eigenvalue weighted by molar-refractivity contribution is -0.140. The summed E-state index contributed by atoms with van der Waals surface area (Å²) in [6, 6.07) is 15.3. The van der Waals surface area contributed by atoms with E-state index in [0.717, 1.165) is 17.3 Å². The molecule has 0 radical (unpaired) electrons. The molecular formula is C28H24F3N5O2. The summed E-state index contributed by atoms with van der Waals surface area (Å²) >= 11 is 0. The zero-order chi connectivity index (χ0) is 26.4.